The zero-order chi connectivity index (χ0) is 11.3. The Labute approximate surface area is 98.8 Å². The minimum absolute atomic E-state index is 0.0367. The van der Waals surface area contributed by atoms with E-state index in [-0.39, 0.29) is 18.8 Å². The Hall–Kier alpha value is -0.570. The van der Waals surface area contributed by atoms with Crippen LogP contribution < -0.4 is 0 Å². The summed E-state index contributed by atoms with van der Waals surface area (Å²) < 4.78 is 0. The van der Waals surface area contributed by atoms with E-state index < -0.39 is 0 Å². The van der Waals surface area contributed by atoms with E-state index in [1.807, 2.05) is 0 Å². The van der Waals surface area contributed by atoms with Crippen LogP contribution in [0.2, 0.25) is 10.0 Å². The lowest BCUT2D eigenvalue weighted by molar-refractivity contribution is -0.118. The van der Waals surface area contributed by atoms with Crippen LogP contribution in [0, 0.1) is 0 Å². The minimum Gasteiger partial charge on any atom is -0.396 e. The number of rotatable bonds is 5. The summed E-state index contributed by atoms with van der Waals surface area (Å²) >= 11 is 11.8. The van der Waals surface area contributed by atoms with Crippen molar-refractivity contribution >= 4 is 29.0 Å². The first-order valence-electron chi connectivity index (χ1n) is 4.70. The molecule has 0 radical (unpaired) electrons. The number of carbonyl (C=O) groups excluding carboxylic acids is 1. The van der Waals surface area contributed by atoms with Crippen molar-refractivity contribution in [3.63, 3.8) is 0 Å². The van der Waals surface area contributed by atoms with Gasteiger partial charge in [-0.1, -0.05) is 35.3 Å². The van der Waals surface area contributed by atoms with E-state index in [0.29, 0.717) is 22.9 Å². The summed E-state index contributed by atoms with van der Waals surface area (Å²) in [5, 5.41) is 9.48. The number of halogens is 2. The maximum Gasteiger partial charge on any atom is 0.137 e. The minimum atomic E-state index is 0.0367. The summed E-state index contributed by atoms with van der Waals surface area (Å²) in [4.78, 5) is 11.4. The van der Waals surface area contributed by atoms with Gasteiger partial charge in [-0.25, -0.2) is 0 Å². The van der Waals surface area contributed by atoms with Gasteiger partial charge in [-0.15, -0.1) is 0 Å². The van der Waals surface area contributed by atoms with Crippen LogP contribution in [0.3, 0.4) is 0 Å². The molecule has 0 fully saturated rings. The molecule has 1 aromatic rings. The summed E-state index contributed by atoms with van der Waals surface area (Å²) in [7, 11) is 0. The Morgan fingerprint density at radius 2 is 2.07 bits per heavy atom. The zero-order valence-electron chi connectivity index (χ0n) is 8.17. The largest absolute Gasteiger partial charge is 0.396 e. The molecular formula is C11H12Cl2O2. The Balaban J connectivity index is 2.64. The van der Waals surface area contributed by atoms with Gasteiger partial charge in [-0.2, -0.15) is 0 Å². The smallest absolute Gasteiger partial charge is 0.137 e. The van der Waals surface area contributed by atoms with Crippen LogP contribution in [0.25, 0.3) is 0 Å². The van der Waals surface area contributed by atoms with Crippen LogP contribution in [0.4, 0.5) is 0 Å². The first-order valence-corrected chi connectivity index (χ1v) is 5.46. The summed E-state index contributed by atoms with van der Waals surface area (Å²) in [6.45, 7) is 0.0367. The molecular weight excluding hydrogens is 235 g/mol. The summed E-state index contributed by atoms with van der Waals surface area (Å²) in [5.41, 5.74) is 0.743. The molecule has 0 saturated heterocycles. The summed E-state index contributed by atoms with van der Waals surface area (Å²) in [5.74, 6) is 0.0632. The average molecular weight is 247 g/mol. The van der Waals surface area contributed by atoms with Crippen molar-refractivity contribution in [1.82, 2.24) is 0 Å². The third-order valence-electron chi connectivity index (χ3n) is 2.03. The predicted molar refractivity (Wildman–Crippen MR) is 61.5 cm³/mol. The Kier molecular flexibility index (Phi) is 5.09. The number of aliphatic hydroxyl groups is 1. The summed E-state index contributed by atoms with van der Waals surface area (Å²) in [6.07, 6.45) is 1.15. The van der Waals surface area contributed by atoms with Crippen LogP contribution in [-0.2, 0) is 11.2 Å². The SMILES string of the molecule is O=C(CCCO)Cc1cccc(Cl)c1Cl. The van der Waals surface area contributed by atoms with Gasteiger partial charge >= 0.3 is 0 Å². The Bertz CT molecular complexity index is 350. The molecule has 0 amide bonds. The van der Waals surface area contributed by atoms with Crippen molar-refractivity contribution in [3.05, 3.63) is 33.8 Å². The molecule has 15 heavy (non-hydrogen) atoms. The third-order valence-corrected chi connectivity index (χ3v) is 2.89. The average Bonchev–Trinajstić information content (AvgIpc) is 2.22. The van der Waals surface area contributed by atoms with Gasteiger partial charge in [0.25, 0.3) is 0 Å². The Morgan fingerprint density at radius 1 is 1.33 bits per heavy atom. The predicted octanol–water partition coefficient (Wildman–Crippen LogP) is 2.88. The van der Waals surface area contributed by atoms with Crippen LogP contribution in [0.1, 0.15) is 18.4 Å². The standard InChI is InChI=1S/C11H12Cl2O2/c12-10-5-1-3-8(11(10)13)7-9(15)4-2-6-14/h1,3,5,14H,2,4,6-7H2. The lowest BCUT2D eigenvalue weighted by atomic mass is 10.1. The fourth-order valence-electron chi connectivity index (χ4n) is 1.26. The number of Topliss-reactive ketones (excluding diaryl/α,β-unsaturated/α-hetero) is 1. The number of benzene rings is 1. The molecule has 0 unspecified atom stereocenters. The van der Waals surface area contributed by atoms with Gasteiger partial charge in [0.1, 0.15) is 5.78 Å². The van der Waals surface area contributed by atoms with Crippen molar-refractivity contribution in [2.75, 3.05) is 6.61 Å². The molecule has 82 valence electrons. The second-order valence-corrected chi connectivity index (χ2v) is 4.04. The highest BCUT2D eigenvalue weighted by Gasteiger charge is 2.08. The van der Waals surface area contributed by atoms with E-state index in [2.05, 4.69) is 0 Å². The molecule has 2 nitrogen and oxygen atoms in total. The first kappa shape index (κ1) is 12.5. The molecule has 0 spiro atoms. The number of carbonyl (C=O) groups is 1. The van der Waals surface area contributed by atoms with E-state index in [1.165, 1.54) is 0 Å². The summed E-state index contributed by atoms with van der Waals surface area (Å²) in [6, 6.07) is 5.24. The quantitative estimate of drug-likeness (QED) is 0.868. The zero-order valence-corrected chi connectivity index (χ0v) is 9.68. The van der Waals surface area contributed by atoms with Crippen molar-refractivity contribution in [1.29, 1.82) is 0 Å². The van der Waals surface area contributed by atoms with Gasteiger partial charge in [0, 0.05) is 19.4 Å². The fourth-order valence-corrected chi connectivity index (χ4v) is 1.65. The van der Waals surface area contributed by atoms with E-state index in [0.717, 1.165) is 5.56 Å². The Morgan fingerprint density at radius 3 is 2.73 bits per heavy atom. The van der Waals surface area contributed by atoms with Gasteiger partial charge in [0.15, 0.2) is 0 Å². The van der Waals surface area contributed by atoms with Crippen molar-refractivity contribution in [3.8, 4) is 0 Å². The molecule has 0 aliphatic rings. The van der Waals surface area contributed by atoms with Crippen LogP contribution in [0.5, 0.6) is 0 Å². The number of hydrogen-bond acceptors (Lipinski definition) is 2. The van der Waals surface area contributed by atoms with Gasteiger partial charge < -0.3 is 5.11 Å². The molecule has 0 heterocycles. The number of aliphatic hydroxyl groups excluding tert-OH is 1. The second kappa shape index (κ2) is 6.11. The molecule has 0 aliphatic carbocycles. The lowest BCUT2D eigenvalue weighted by Crippen LogP contribution is -2.04. The molecule has 0 bridgehead atoms. The van der Waals surface area contributed by atoms with E-state index in [4.69, 9.17) is 28.3 Å². The van der Waals surface area contributed by atoms with Crippen LogP contribution in [-0.4, -0.2) is 17.5 Å². The van der Waals surface area contributed by atoms with E-state index in [1.54, 1.807) is 18.2 Å². The topological polar surface area (TPSA) is 37.3 Å². The third kappa shape index (κ3) is 3.82. The van der Waals surface area contributed by atoms with Gasteiger partial charge in [0.2, 0.25) is 0 Å². The molecule has 1 rings (SSSR count). The second-order valence-electron chi connectivity index (χ2n) is 3.26. The fraction of sp³-hybridized carbons (Fsp3) is 0.364. The first-order chi connectivity index (χ1) is 7.15. The highest BCUT2D eigenvalue weighted by atomic mass is 35.5. The molecule has 0 saturated carbocycles. The van der Waals surface area contributed by atoms with Crippen molar-refractivity contribution in [2.24, 2.45) is 0 Å². The van der Waals surface area contributed by atoms with E-state index >= 15 is 0 Å². The van der Waals surface area contributed by atoms with Crippen molar-refractivity contribution in [2.45, 2.75) is 19.3 Å². The molecule has 1 aromatic carbocycles. The van der Waals surface area contributed by atoms with Crippen LogP contribution >= 0.6 is 23.2 Å². The van der Waals surface area contributed by atoms with Gasteiger partial charge in [-0.05, 0) is 18.1 Å². The molecule has 4 heteroatoms. The van der Waals surface area contributed by atoms with Crippen LogP contribution in [0.15, 0.2) is 18.2 Å². The van der Waals surface area contributed by atoms with E-state index in [9.17, 15) is 4.79 Å². The maximum absolute atomic E-state index is 11.4. The van der Waals surface area contributed by atoms with Gasteiger partial charge in [0.05, 0.1) is 10.0 Å². The highest BCUT2D eigenvalue weighted by Crippen LogP contribution is 2.26. The molecule has 0 atom stereocenters. The lowest BCUT2D eigenvalue weighted by Gasteiger charge is -2.04. The maximum atomic E-state index is 11.4. The molecule has 0 aliphatic heterocycles. The molecule has 0 aromatic heterocycles. The highest BCUT2D eigenvalue weighted by molar-refractivity contribution is 6.42. The molecule has 1 N–H and O–H groups in total. The number of ketones is 1. The number of hydrogen-bond donors (Lipinski definition) is 1. The van der Waals surface area contributed by atoms with Crippen molar-refractivity contribution < 1.29 is 9.90 Å². The normalized spacial score (nSPS) is 10.3. The van der Waals surface area contributed by atoms with Gasteiger partial charge in [-0.3, -0.25) is 4.79 Å². The monoisotopic (exact) mass is 246 g/mol.